The molecule has 0 bridgehead atoms. The SMILES string of the molecule is Cc1ccnn1CCOc1ccc2ccccc2c1-c1ccc(C(=O)N(C)C)cc1. The molecule has 4 aromatic rings. The van der Waals surface area contributed by atoms with Crippen molar-refractivity contribution in [3.63, 3.8) is 0 Å². The van der Waals surface area contributed by atoms with Crippen molar-refractivity contribution >= 4 is 16.7 Å². The molecule has 1 heterocycles. The van der Waals surface area contributed by atoms with Gasteiger partial charge in [0.25, 0.3) is 5.91 Å². The molecule has 0 aliphatic carbocycles. The Hall–Kier alpha value is -3.60. The van der Waals surface area contributed by atoms with E-state index in [1.165, 1.54) is 0 Å². The normalized spacial score (nSPS) is 10.9. The van der Waals surface area contributed by atoms with Crippen molar-refractivity contribution in [2.75, 3.05) is 20.7 Å². The van der Waals surface area contributed by atoms with Crippen LogP contribution in [-0.4, -0.2) is 41.3 Å². The minimum atomic E-state index is -0.00876. The summed E-state index contributed by atoms with van der Waals surface area (Å²) in [5, 5.41) is 6.59. The number of hydrogen-bond acceptors (Lipinski definition) is 3. The lowest BCUT2D eigenvalue weighted by Gasteiger charge is -2.16. The molecular formula is C25H25N3O2. The first-order valence-electron chi connectivity index (χ1n) is 9.99. The van der Waals surface area contributed by atoms with E-state index in [-0.39, 0.29) is 5.91 Å². The number of ether oxygens (including phenoxy) is 1. The summed E-state index contributed by atoms with van der Waals surface area (Å²) in [7, 11) is 3.52. The molecule has 0 saturated carbocycles. The van der Waals surface area contributed by atoms with Gasteiger partial charge in [-0.2, -0.15) is 5.10 Å². The second kappa shape index (κ2) is 8.41. The Balaban J connectivity index is 1.68. The van der Waals surface area contributed by atoms with Crippen LogP contribution in [0.3, 0.4) is 0 Å². The number of hydrogen-bond donors (Lipinski definition) is 0. The number of rotatable bonds is 6. The lowest BCUT2D eigenvalue weighted by Crippen LogP contribution is -2.21. The molecule has 1 aromatic heterocycles. The smallest absolute Gasteiger partial charge is 0.253 e. The molecule has 5 nitrogen and oxygen atoms in total. The monoisotopic (exact) mass is 399 g/mol. The van der Waals surface area contributed by atoms with Crippen molar-refractivity contribution in [2.45, 2.75) is 13.5 Å². The summed E-state index contributed by atoms with van der Waals surface area (Å²) in [6, 6.07) is 22.1. The molecule has 0 unspecified atom stereocenters. The van der Waals surface area contributed by atoms with Gasteiger partial charge in [0, 0.05) is 37.1 Å². The summed E-state index contributed by atoms with van der Waals surface area (Å²) in [6.45, 7) is 3.23. The van der Waals surface area contributed by atoms with E-state index in [9.17, 15) is 4.79 Å². The van der Waals surface area contributed by atoms with Crippen molar-refractivity contribution in [1.29, 1.82) is 0 Å². The van der Waals surface area contributed by atoms with Crippen LogP contribution in [0.15, 0.2) is 72.9 Å². The van der Waals surface area contributed by atoms with Crippen LogP contribution in [0.25, 0.3) is 21.9 Å². The fourth-order valence-electron chi connectivity index (χ4n) is 3.58. The van der Waals surface area contributed by atoms with Gasteiger partial charge in [0.1, 0.15) is 12.4 Å². The Kier molecular flexibility index (Phi) is 5.53. The highest BCUT2D eigenvalue weighted by Crippen LogP contribution is 2.37. The van der Waals surface area contributed by atoms with Gasteiger partial charge in [0.2, 0.25) is 0 Å². The zero-order valence-corrected chi connectivity index (χ0v) is 17.5. The number of aryl methyl sites for hydroxylation is 1. The van der Waals surface area contributed by atoms with Crippen molar-refractivity contribution in [1.82, 2.24) is 14.7 Å². The molecule has 0 N–H and O–H groups in total. The third-order valence-corrected chi connectivity index (χ3v) is 5.21. The van der Waals surface area contributed by atoms with E-state index in [1.54, 1.807) is 25.2 Å². The third kappa shape index (κ3) is 3.92. The van der Waals surface area contributed by atoms with Crippen molar-refractivity contribution in [3.05, 3.63) is 84.2 Å². The standard InChI is InChI=1S/C25H25N3O2/c1-18-14-15-26-28(18)16-17-30-23-13-12-19-6-4-5-7-22(19)24(23)20-8-10-21(11-9-20)25(29)27(2)3/h4-15H,16-17H2,1-3H3. The van der Waals surface area contributed by atoms with Gasteiger partial charge in [-0.3, -0.25) is 9.48 Å². The minimum Gasteiger partial charge on any atom is -0.491 e. The Labute approximate surface area is 176 Å². The van der Waals surface area contributed by atoms with Gasteiger partial charge in [0.15, 0.2) is 0 Å². The van der Waals surface area contributed by atoms with Gasteiger partial charge in [0.05, 0.1) is 6.54 Å². The molecule has 0 fully saturated rings. The van der Waals surface area contributed by atoms with E-state index in [2.05, 4.69) is 23.3 Å². The topological polar surface area (TPSA) is 47.4 Å². The number of fused-ring (bicyclic) bond motifs is 1. The Morgan fingerprint density at radius 1 is 1.00 bits per heavy atom. The molecule has 3 aromatic carbocycles. The maximum atomic E-state index is 12.2. The quantitative estimate of drug-likeness (QED) is 0.468. The number of carbonyl (C=O) groups excluding carboxylic acids is 1. The third-order valence-electron chi connectivity index (χ3n) is 5.21. The van der Waals surface area contributed by atoms with E-state index in [0.717, 1.165) is 33.3 Å². The van der Waals surface area contributed by atoms with E-state index in [0.29, 0.717) is 18.7 Å². The van der Waals surface area contributed by atoms with Crippen LogP contribution in [0.5, 0.6) is 5.75 Å². The molecule has 4 rings (SSSR count). The molecular weight excluding hydrogens is 374 g/mol. The first-order valence-corrected chi connectivity index (χ1v) is 9.99. The Bertz CT molecular complexity index is 1180. The molecule has 0 spiro atoms. The van der Waals surface area contributed by atoms with Gasteiger partial charge in [-0.05, 0) is 47.5 Å². The van der Waals surface area contributed by atoms with E-state index >= 15 is 0 Å². The molecule has 0 radical (unpaired) electrons. The van der Waals surface area contributed by atoms with Crippen LogP contribution in [0.1, 0.15) is 16.1 Å². The van der Waals surface area contributed by atoms with Gasteiger partial charge >= 0.3 is 0 Å². The number of nitrogens with zero attached hydrogens (tertiary/aromatic N) is 3. The number of amides is 1. The number of carbonyl (C=O) groups is 1. The largest absolute Gasteiger partial charge is 0.491 e. The summed E-state index contributed by atoms with van der Waals surface area (Å²) >= 11 is 0. The summed E-state index contributed by atoms with van der Waals surface area (Å²) in [5.74, 6) is 0.815. The van der Waals surface area contributed by atoms with Crippen LogP contribution in [0.4, 0.5) is 0 Å². The average Bonchev–Trinajstić information content (AvgIpc) is 3.17. The molecule has 0 saturated heterocycles. The number of benzene rings is 3. The fourth-order valence-corrected chi connectivity index (χ4v) is 3.58. The highest BCUT2D eigenvalue weighted by atomic mass is 16.5. The molecule has 1 amide bonds. The lowest BCUT2D eigenvalue weighted by atomic mass is 9.96. The predicted octanol–water partition coefficient (Wildman–Crippen LogP) is 4.79. The number of aromatic nitrogens is 2. The van der Waals surface area contributed by atoms with Gasteiger partial charge < -0.3 is 9.64 Å². The van der Waals surface area contributed by atoms with E-state index in [4.69, 9.17) is 4.74 Å². The van der Waals surface area contributed by atoms with Gasteiger partial charge in [-0.1, -0.05) is 42.5 Å². The van der Waals surface area contributed by atoms with Crippen molar-refractivity contribution in [2.24, 2.45) is 0 Å². The molecule has 0 aliphatic rings. The van der Waals surface area contributed by atoms with E-state index in [1.807, 2.05) is 60.1 Å². The maximum absolute atomic E-state index is 12.2. The second-order valence-electron chi connectivity index (χ2n) is 7.48. The summed E-state index contributed by atoms with van der Waals surface area (Å²) in [4.78, 5) is 13.8. The summed E-state index contributed by atoms with van der Waals surface area (Å²) < 4.78 is 8.14. The average molecular weight is 399 g/mol. The van der Waals surface area contributed by atoms with Crippen LogP contribution in [0, 0.1) is 6.92 Å². The first kappa shape index (κ1) is 19.7. The minimum absolute atomic E-state index is 0.00876. The van der Waals surface area contributed by atoms with E-state index < -0.39 is 0 Å². The van der Waals surface area contributed by atoms with Gasteiger partial charge in [-0.15, -0.1) is 0 Å². The first-order chi connectivity index (χ1) is 14.5. The molecule has 0 atom stereocenters. The molecule has 5 heteroatoms. The molecule has 152 valence electrons. The zero-order chi connectivity index (χ0) is 21.1. The highest BCUT2D eigenvalue weighted by molar-refractivity contribution is 6.00. The lowest BCUT2D eigenvalue weighted by molar-refractivity contribution is 0.0827. The Morgan fingerprint density at radius 3 is 2.47 bits per heavy atom. The van der Waals surface area contributed by atoms with Crippen LogP contribution in [0.2, 0.25) is 0 Å². The Morgan fingerprint density at radius 2 is 1.77 bits per heavy atom. The molecule has 0 aliphatic heterocycles. The van der Waals surface area contributed by atoms with Crippen molar-refractivity contribution < 1.29 is 9.53 Å². The van der Waals surface area contributed by atoms with Crippen LogP contribution >= 0.6 is 0 Å². The summed E-state index contributed by atoms with van der Waals surface area (Å²) in [5.41, 5.74) is 3.83. The van der Waals surface area contributed by atoms with Gasteiger partial charge in [-0.25, -0.2) is 0 Å². The van der Waals surface area contributed by atoms with Crippen LogP contribution in [-0.2, 0) is 6.54 Å². The summed E-state index contributed by atoms with van der Waals surface area (Å²) in [6.07, 6.45) is 1.80. The highest BCUT2D eigenvalue weighted by Gasteiger charge is 2.13. The van der Waals surface area contributed by atoms with Crippen molar-refractivity contribution in [3.8, 4) is 16.9 Å². The maximum Gasteiger partial charge on any atom is 0.253 e. The zero-order valence-electron chi connectivity index (χ0n) is 17.5. The molecule has 30 heavy (non-hydrogen) atoms. The fraction of sp³-hybridized carbons (Fsp3) is 0.200. The predicted molar refractivity (Wildman–Crippen MR) is 120 cm³/mol. The van der Waals surface area contributed by atoms with Crippen LogP contribution < -0.4 is 4.74 Å². The second-order valence-corrected chi connectivity index (χ2v) is 7.48.